The summed E-state index contributed by atoms with van der Waals surface area (Å²) < 4.78 is 7.57. The Morgan fingerprint density at radius 3 is 2.32 bits per heavy atom. The lowest BCUT2D eigenvalue weighted by Crippen LogP contribution is -1.92. The normalized spacial score (nSPS) is 10.9. The Kier molecular flexibility index (Phi) is 2.67. The molecule has 3 aromatic rings. The fraction of sp³-hybridized carbons (Fsp3) is 0.214. The molecule has 1 aromatic carbocycles. The first-order valence-corrected chi connectivity index (χ1v) is 6.06. The molecule has 0 unspecified atom stereocenters. The van der Waals surface area contributed by atoms with Crippen molar-refractivity contribution >= 4 is 0 Å². The van der Waals surface area contributed by atoms with Gasteiger partial charge in [0.1, 0.15) is 0 Å². The molecule has 0 saturated carbocycles. The second kappa shape index (κ2) is 4.35. The summed E-state index contributed by atoms with van der Waals surface area (Å²) in [6.45, 7) is 3.93. The lowest BCUT2D eigenvalue weighted by molar-refractivity contribution is 0.583. The van der Waals surface area contributed by atoms with Gasteiger partial charge in [0, 0.05) is 18.3 Å². The zero-order valence-corrected chi connectivity index (χ0v) is 11.1. The van der Waals surface area contributed by atoms with Gasteiger partial charge in [-0.1, -0.05) is 18.2 Å². The summed E-state index contributed by atoms with van der Waals surface area (Å²) >= 11 is 0. The van der Waals surface area contributed by atoms with Gasteiger partial charge in [0.05, 0.1) is 11.3 Å². The van der Waals surface area contributed by atoms with E-state index < -0.39 is 0 Å². The number of benzene rings is 1. The maximum Gasteiger partial charge on any atom is 0.251 e. The van der Waals surface area contributed by atoms with Crippen LogP contribution in [0.5, 0.6) is 0 Å². The van der Waals surface area contributed by atoms with Crippen LogP contribution >= 0.6 is 0 Å². The molecule has 96 valence electrons. The Balaban J connectivity index is 2.07. The quantitative estimate of drug-likeness (QED) is 0.705. The van der Waals surface area contributed by atoms with E-state index in [2.05, 4.69) is 15.3 Å². The van der Waals surface area contributed by atoms with Crippen LogP contribution in [0.15, 0.2) is 34.7 Å². The fourth-order valence-electron chi connectivity index (χ4n) is 2.10. The highest BCUT2D eigenvalue weighted by molar-refractivity contribution is 5.61. The maximum absolute atomic E-state index is 5.76. The van der Waals surface area contributed by atoms with E-state index in [0.29, 0.717) is 11.8 Å². The van der Waals surface area contributed by atoms with E-state index in [1.807, 2.05) is 55.9 Å². The molecule has 0 atom stereocenters. The topological polar surface area (TPSA) is 56.7 Å². The highest BCUT2D eigenvalue weighted by Gasteiger charge is 2.18. The van der Waals surface area contributed by atoms with Gasteiger partial charge in [0.15, 0.2) is 0 Å². The molecule has 0 aliphatic carbocycles. The predicted octanol–water partition coefficient (Wildman–Crippen LogP) is 2.75. The molecule has 0 saturated heterocycles. The van der Waals surface area contributed by atoms with Gasteiger partial charge in [-0.3, -0.25) is 4.68 Å². The van der Waals surface area contributed by atoms with Gasteiger partial charge in [-0.25, -0.2) is 0 Å². The average molecular weight is 254 g/mol. The first-order chi connectivity index (χ1) is 9.16. The molecule has 5 heteroatoms. The zero-order chi connectivity index (χ0) is 13.4. The first kappa shape index (κ1) is 11.6. The number of rotatable bonds is 2. The third-order valence-corrected chi connectivity index (χ3v) is 3.17. The van der Waals surface area contributed by atoms with Gasteiger partial charge in [-0.2, -0.15) is 5.10 Å². The van der Waals surface area contributed by atoms with Crippen LogP contribution < -0.4 is 0 Å². The van der Waals surface area contributed by atoms with Crippen molar-refractivity contribution < 1.29 is 4.42 Å². The molecule has 0 fully saturated rings. The molecule has 3 rings (SSSR count). The molecule has 2 heterocycles. The largest absolute Gasteiger partial charge is 0.416 e. The fourth-order valence-corrected chi connectivity index (χ4v) is 2.10. The van der Waals surface area contributed by atoms with E-state index in [-0.39, 0.29) is 0 Å². The number of hydrogen-bond acceptors (Lipinski definition) is 4. The molecule has 0 amide bonds. The van der Waals surface area contributed by atoms with Gasteiger partial charge in [0.25, 0.3) is 5.89 Å². The first-order valence-electron chi connectivity index (χ1n) is 6.06. The average Bonchev–Trinajstić information content (AvgIpc) is 2.97. The number of nitrogens with zero attached hydrogens (tertiary/aromatic N) is 4. The standard InChI is InChI=1S/C14H14N4O/c1-9-12(10(2)18(3)17-9)14-16-15-13(19-14)11-7-5-4-6-8-11/h4-8H,1-3H3. The van der Waals surface area contributed by atoms with Crippen LogP contribution in [-0.2, 0) is 7.05 Å². The molecule has 0 aliphatic heterocycles. The summed E-state index contributed by atoms with van der Waals surface area (Å²) in [5.74, 6) is 1.04. The van der Waals surface area contributed by atoms with Crippen molar-refractivity contribution in [3.05, 3.63) is 41.7 Å². The molecule has 0 N–H and O–H groups in total. The molecule has 0 spiro atoms. The van der Waals surface area contributed by atoms with Crippen molar-refractivity contribution in [2.45, 2.75) is 13.8 Å². The number of aryl methyl sites for hydroxylation is 2. The van der Waals surface area contributed by atoms with Crippen molar-refractivity contribution in [1.82, 2.24) is 20.0 Å². The van der Waals surface area contributed by atoms with Crippen molar-refractivity contribution in [1.29, 1.82) is 0 Å². The van der Waals surface area contributed by atoms with Crippen molar-refractivity contribution in [2.75, 3.05) is 0 Å². The molecule has 2 aromatic heterocycles. The van der Waals surface area contributed by atoms with E-state index in [4.69, 9.17) is 4.42 Å². The number of aromatic nitrogens is 4. The van der Waals surface area contributed by atoms with Crippen LogP contribution in [0.3, 0.4) is 0 Å². The predicted molar refractivity (Wildman–Crippen MR) is 71.4 cm³/mol. The zero-order valence-electron chi connectivity index (χ0n) is 11.1. The second-order valence-electron chi connectivity index (χ2n) is 4.45. The summed E-state index contributed by atoms with van der Waals surface area (Å²) in [7, 11) is 1.90. The summed E-state index contributed by atoms with van der Waals surface area (Å²) in [4.78, 5) is 0. The van der Waals surface area contributed by atoms with Gasteiger partial charge in [-0.15, -0.1) is 10.2 Å². The van der Waals surface area contributed by atoms with Gasteiger partial charge < -0.3 is 4.42 Å². The second-order valence-corrected chi connectivity index (χ2v) is 4.45. The summed E-state index contributed by atoms with van der Waals surface area (Å²) in [6, 6.07) is 9.73. The summed E-state index contributed by atoms with van der Waals surface area (Å²) in [5.41, 5.74) is 3.74. The molecule has 5 nitrogen and oxygen atoms in total. The monoisotopic (exact) mass is 254 g/mol. The van der Waals surface area contributed by atoms with Crippen LogP contribution in [0, 0.1) is 13.8 Å². The molecular weight excluding hydrogens is 240 g/mol. The third-order valence-electron chi connectivity index (χ3n) is 3.17. The van der Waals surface area contributed by atoms with Crippen molar-refractivity contribution in [3.63, 3.8) is 0 Å². The third kappa shape index (κ3) is 1.93. The van der Waals surface area contributed by atoms with Gasteiger partial charge in [-0.05, 0) is 26.0 Å². The lowest BCUT2D eigenvalue weighted by atomic mass is 10.2. The summed E-state index contributed by atoms with van der Waals surface area (Å²) in [5, 5.41) is 12.6. The maximum atomic E-state index is 5.76. The van der Waals surface area contributed by atoms with E-state index in [9.17, 15) is 0 Å². The van der Waals surface area contributed by atoms with Crippen molar-refractivity contribution in [2.24, 2.45) is 7.05 Å². The molecule has 0 radical (unpaired) electrons. The van der Waals surface area contributed by atoms with E-state index in [1.165, 1.54) is 0 Å². The minimum atomic E-state index is 0.516. The Morgan fingerprint density at radius 1 is 1.00 bits per heavy atom. The van der Waals surface area contributed by atoms with Crippen LogP contribution in [0.4, 0.5) is 0 Å². The highest BCUT2D eigenvalue weighted by atomic mass is 16.4. The van der Waals surface area contributed by atoms with E-state index >= 15 is 0 Å². The number of hydrogen-bond donors (Lipinski definition) is 0. The molecule has 0 bridgehead atoms. The molecule has 0 aliphatic rings. The minimum absolute atomic E-state index is 0.516. The lowest BCUT2D eigenvalue weighted by Gasteiger charge is -1.95. The van der Waals surface area contributed by atoms with E-state index in [0.717, 1.165) is 22.5 Å². The van der Waals surface area contributed by atoms with Gasteiger partial charge in [0.2, 0.25) is 5.89 Å². The highest BCUT2D eigenvalue weighted by Crippen LogP contribution is 2.28. The minimum Gasteiger partial charge on any atom is -0.416 e. The Labute approximate surface area is 110 Å². The summed E-state index contributed by atoms with van der Waals surface area (Å²) in [6.07, 6.45) is 0. The van der Waals surface area contributed by atoms with Crippen LogP contribution in [0.25, 0.3) is 22.9 Å². The van der Waals surface area contributed by atoms with Crippen molar-refractivity contribution in [3.8, 4) is 22.9 Å². The Bertz CT molecular complexity index is 712. The Morgan fingerprint density at radius 2 is 1.68 bits per heavy atom. The molecular formula is C14H14N4O. The smallest absolute Gasteiger partial charge is 0.251 e. The van der Waals surface area contributed by atoms with Crippen LogP contribution in [0.1, 0.15) is 11.4 Å². The molecule has 19 heavy (non-hydrogen) atoms. The SMILES string of the molecule is Cc1nn(C)c(C)c1-c1nnc(-c2ccccc2)o1. The van der Waals surface area contributed by atoms with Crippen LogP contribution in [0.2, 0.25) is 0 Å². The Hall–Kier alpha value is -2.43. The van der Waals surface area contributed by atoms with Gasteiger partial charge >= 0.3 is 0 Å². The van der Waals surface area contributed by atoms with E-state index in [1.54, 1.807) is 0 Å². The van der Waals surface area contributed by atoms with Crippen LogP contribution in [-0.4, -0.2) is 20.0 Å².